The van der Waals surface area contributed by atoms with E-state index in [-0.39, 0.29) is 0 Å². The Morgan fingerprint density at radius 3 is 2.83 bits per heavy atom. The number of aliphatic imine (C=N–C) groups is 1. The second kappa shape index (κ2) is 11.9. The molecule has 2 N–H and O–H groups in total. The van der Waals surface area contributed by atoms with Gasteiger partial charge < -0.3 is 15.0 Å². The minimum Gasteiger partial charge on any atom is -0.444 e. The molecule has 2 rings (SSSR count). The van der Waals surface area contributed by atoms with Crippen molar-refractivity contribution in [1.29, 1.82) is 0 Å². The number of thiazole rings is 1. The van der Waals surface area contributed by atoms with Gasteiger partial charge in [0.1, 0.15) is 5.60 Å². The number of hydrogen-bond acceptors (Lipinski definition) is 6. The molecular formula is C22H29N5O2S. The van der Waals surface area contributed by atoms with Crippen molar-refractivity contribution in [2.45, 2.75) is 39.7 Å². The molecule has 7 nitrogen and oxygen atoms in total. The number of allylic oxidation sites excluding steroid dienone is 4. The van der Waals surface area contributed by atoms with Crippen molar-refractivity contribution in [3.63, 3.8) is 0 Å². The maximum atomic E-state index is 11.5. The Bertz CT molecular complexity index is 970. The van der Waals surface area contributed by atoms with Gasteiger partial charge in [0.2, 0.25) is 4.80 Å². The van der Waals surface area contributed by atoms with Crippen LogP contribution in [0.1, 0.15) is 34.1 Å². The number of ether oxygens (including phenoxy) is 1. The highest BCUT2D eigenvalue weighted by molar-refractivity contribution is 7.16. The van der Waals surface area contributed by atoms with Crippen molar-refractivity contribution in [2.75, 3.05) is 13.1 Å². The first-order chi connectivity index (χ1) is 14.4. The molecule has 0 aliphatic heterocycles. The summed E-state index contributed by atoms with van der Waals surface area (Å²) in [6.45, 7) is 8.60. The van der Waals surface area contributed by atoms with Gasteiger partial charge >= 0.3 is 6.09 Å². The normalized spacial score (nSPS) is 13.9. The second-order valence-electron chi connectivity index (χ2n) is 7.36. The van der Waals surface area contributed by atoms with E-state index < -0.39 is 11.7 Å². The maximum absolute atomic E-state index is 11.5. The molecular weight excluding hydrogens is 398 g/mol. The van der Waals surface area contributed by atoms with E-state index in [1.807, 2.05) is 70.2 Å². The summed E-state index contributed by atoms with van der Waals surface area (Å²) in [6.07, 6.45) is 9.50. The number of benzene rings is 1. The fourth-order valence-corrected chi connectivity index (χ4v) is 3.11. The van der Waals surface area contributed by atoms with E-state index in [9.17, 15) is 4.79 Å². The minimum absolute atomic E-state index is 0.401. The number of para-hydroxylation sites is 1. The molecule has 0 aliphatic carbocycles. The fraction of sp³-hybridized carbons (Fsp3) is 0.364. The fourth-order valence-electron chi connectivity index (χ4n) is 2.28. The van der Waals surface area contributed by atoms with Gasteiger partial charge in [-0.25, -0.2) is 4.79 Å². The SMILES string of the molecule is C/C=C(\C=C/C=N/CCCNC(=O)OC(C)(C)C)/C=N/N=c1/[nH]c2ccccc2s1. The van der Waals surface area contributed by atoms with Crippen LogP contribution in [0.5, 0.6) is 0 Å². The zero-order valence-electron chi connectivity index (χ0n) is 17.9. The van der Waals surface area contributed by atoms with Crippen LogP contribution in [0.15, 0.2) is 63.3 Å². The van der Waals surface area contributed by atoms with E-state index in [4.69, 9.17) is 4.74 Å². The Balaban J connectivity index is 1.73. The Morgan fingerprint density at radius 2 is 2.10 bits per heavy atom. The summed E-state index contributed by atoms with van der Waals surface area (Å²) in [5.41, 5.74) is 1.50. The van der Waals surface area contributed by atoms with Crippen LogP contribution in [0.4, 0.5) is 4.79 Å². The maximum Gasteiger partial charge on any atom is 0.407 e. The first-order valence-electron chi connectivity index (χ1n) is 9.82. The van der Waals surface area contributed by atoms with Gasteiger partial charge in [-0.3, -0.25) is 4.99 Å². The Labute approximate surface area is 181 Å². The van der Waals surface area contributed by atoms with E-state index in [0.29, 0.717) is 13.1 Å². The van der Waals surface area contributed by atoms with Crippen LogP contribution in [0.25, 0.3) is 10.2 Å². The Kier molecular flexibility index (Phi) is 9.21. The summed E-state index contributed by atoms with van der Waals surface area (Å²) >= 11 is 1.56. The standard InChI is InChI=1S/C22H29N5O2S/c1-5-17(16-25-27-20-26-18-11-6-7-12-19(18)30-20)10-8-13-23-14-9-15-24-21(28)29-22(2,3)4/h5-8,10-13,16H,9,14-15H2,1-4H3,(H,24,28)(H,26,27)/b10-8-,17-5+,23-13+,25-16+. The van der Waals surface area contributed by atoms with Crippen LogP contribution in [-0.2, 0) is 4.74 Å². The summed E-state index contributed by atoms with van der Waals surface area (Å²) in [4.78, 5) is 19.8. The lowest BCUT2D eigenvalue weighted by atomic mass is 10.2. The van der Waals surface area contributed by atoms with Crippen LogP contribution < -0.4 is 10.1 Å². The van der Waals surface area contributed by atoms with Gasteiger partial charge in [0, 0.05) is 19.3 Å². The third-order valence-corrected chi connectivity index (χ3v) is 4.59. The molecule has 1 heterocycles. The molecule has 30 heavy (non-hydrogen) atoms. The average molecular weight is 428 g/mol. The van der Waals surface area contributed by atoms with Crippen LogP contribution in [-0.4, -0.2) is 42.2 Å². The number of H-pyrrole nitrogens is 1. The molecule has 2 aromatic rings. The summed E-state index contributed by atoms with van der Waals surface area (Å²) in [5.74, 6) is 0. The lowest BCUT2D eigenvalue weighted by Crippen LogP contribution is -2.33. The molecule has 0 atom stereocenters. The first kappa shape index (κ1) is 23.3. The molecule has 1 amide bonds. The zero-order valence-corrected chi connectivity index (χ0v) is 18.7. The topological polar surface area (TPSA) is 91.2 Å². The first-order valence-corrected chi connectivity index (χ1v) is 10.6. The number of nitrogens with one attached hydrogen (secondary N) is 2. The molecule has 1 aromatic carbocycles. The number of rotatable bonds is 8. The predicted octanol–water partition coefficient (Wildman–Crippen LogP) is 4.60. The van der Waals surface area contributed by atoms with E-state index >= 15 is 0 Å². The number of aromatic amines is 1. The van der Waals surface area contributed by atoms with Gasteiger partial charge in [0.25, 0.3) is 0 Å². The highest BCUT2D eigenvalue weighted by atomic mass is 32.1. The van der Waals surface area contributed by atoms with Crippen LogP contribution in [0, 0.1) is 0 Å². The largest absolute Gasteiger partial charge is 0.444 e. The zero-order chi connectivity index (χ0) is 21.8. The third-order valence-electron chi connectivity index (χ3n) is 3.64. The molecule has 160 valence electrons. The summed E-state index contributed by atoms with van der Waals surface area (Å²) < 4.78 is 6.32. The van der Waals surface area contributed by atoms with Gasteiger partial charge in [-0.2, -0.15) is 5.10 Å². The number of carbonyl (C=O) groups excluding carboxylic acids is 1. The molecule has 0 aliphatic rings. The van der Waals surface area contributed by atoms with Crippen molar-refractivity contribution >= 4 is 40.1 Å². The minimum atomic E-state index is -0.482. The lowest BCUT2D eigenvalue weighted by Gasteiger charge is -2.19. The number of aromatic nitrogens is 1. The molecule has 0 fully saturated rings. The molecule has 0 radical (unpaired) electrons. The molecule has 0 saturated carbocycles. The highest BCUT2D eigenvalue weighted by Gasteiger charge is 2.15. The van der Waals surface area contributed by atoms with Crippen LogP contribution >= 0.6 is 11.3 Å². The second-order valence-corrected chi connectivity index (χ2v) is 8.39. The number of amides is 1. The van der Waals surface area contributed by atoms with E-state index in [2.05, 4.69) is 25.5 Å². The van der Waals surface area contributed by atoms with Crippen molar-refractivity contribution in [2.24, 2.45) is 15.2 Å². The molecule has 8 heteroatoms. The molecule has 0 unspecified atom stereocenters. The molecule has 1 aromatic heterocycles. The van der Waals surface area contributed by atoms with Gasteiger partial charge in [-0.05, 0) is 57.9 Å². The quantitative estimate of drug-likeness (QED) is 0.279. The highest BCUT2D eigenvalue weighted by Crippen LogP contribution is 2.12. The number of alkyl carbamates (subject to hydrolysis) is 1. The van der Waals surface area contributed by atoms with Crippen molar-refractivity contribution < 1.29 is 9.53 Å². The summed E-state index contributed by atoms with van der Waals surface area (Å²) in [5, 5.41) is 11.1. The van der Waals surface area contributed by atoms with E-state index in [1.165, 1.54) is 0 Å². The van der Waals surface area contributed by atoms with Crippen molar-refractivity contribution in [1.82, 2.24) is 10.3 Å². The Hall–Kier alpha value is -3.00. The molecule has 0 bridgehead atoms. The molecule has 0 spiro atoms. The number of carbonyl (C=O) groups is 1. The van der Waals surface area contributed by atoms with Crippen molar-refractivity contribution in [3.8, 4) is 0 Å². The number of nitrogens with zero attached hydrogens (tertiary/aromatic N) is 3. The van der Waals surface area contributed by atoms with Gasteiger partial charge in [-0.15, -0.1) is 5.10 Å². The Morgan fingerprint density at radius 1 is 1.30 bits per heavy atom. The predicted molar refractivity (Wildman–Crippen MR) is 125 cm³/mol. The summed E-state index contributed by atoms with van der Waals surface area (Å²) in [6, 6.07) is 8.05. The van der Waals surface area contributed by atoms with Gasteiger partial charge in [0.05, 0.1) is 16.4 Å². The average Bonchev–Trinajstić information content (AvgIpc) is 3.10. The monoisotopic (exact) mass is 427 g/mol. The number of fused-ring (bicyclic) bond motifs is 1. The smallest absolute Gasteiger partial charge is 0.407 e. The van der Waals surface area contributed by atoms with Crippen LogP contribution in [0.3, 0.4) is 0 Å². The van der Waals surface area contributed by atoms with Gasteiger partial charge in [0.15, 0.2) is 0 Å². The van der Waals surface area contributed by atoms with Crippen LogP contribution in [0.2, 0.25) is 0 Å². The van der Waals surface area contributed by atoms with Crippen molar-refractivity contribution in [3.05, 3.63) is 52.9 Å². The third kappa shape index (κ3) is 9.00. The van der Waals surface area contributed by atoms with E-state index in [1.54, 1.807) is 23.8 Å². The van der Waals surface area contributed by atoms with Gasteiger partial charge in [-0.1, -0.05) is 35.6 Å². The number of hydrogen-bond donors (Lipinski definition) is 2. The lowest BCUT2D eigenvalue weighted by molar-refractivity contribution is 0.0527. The summed E-state index contributed by atoms with van der Waals surface area (Å²) in [7, 11) is 0. The van der Waals surface area contributed by atoms with E-state index in [0.717, 1.165) is 27.0 Å². The molecule has 0 saturated heterocycles.